The van der Waals surface area contributed by atoms with Crippen molar-refractivity contribution in [2.24, 2.45) is 0 Å². The van der Waals surface area contributed by atoms with Crippen molar-refractivity contribution >= 4 is 22.4 Å². The molecule has 0 spiro atoms. The van der Waals surface area contributed by atoms with Gasteiger partial charge in [-0.2, -0.15) is 0 Å². The Morgan fingerprint density at radius 3 is 2.76 bits per heavy atom. The van der Waals surface area contributed by atoms with Crippen molar-refractivity contribution in [3.63, 3.8) is 0 Å². The molecular formula is C15H16ClN. The van der Waals surface area contributed by atoms with Crippen LogP contribution in [0.25, 0.3) is 10.8 Å². The Labute approximate surface area is 107 Å². The molecule has 17 heavy (non-hydrogen) atoms. The molecule has 0 saturated heterocycles. The highest BCUT2D eigenvalue weighted by molar-refractivity contribution is 6.21. The molecule has 2 atom stereocenters. The van der Waals surface area contributed by atoms with Crippen molar-refractivity contribution < 1.29 is 0 Å². The van der Waals surface area contributed by atoms with Crippen molar-refractivity contribution in [1.29, 1.82) is 0 Å². The minimum absolute atomic E-state index is 0.166. The Bertz CT molecular complexity index is 550. The summed E-state index contributed by atoms with van der Waals surface area (Å²) in [5.74, 6) is 0. The smallest absolute Gasteiger partial charge is 0.0589 e. The summed E-state index contributed by atoms with van der Waals surface area (Å²) in [6.07, 6.45) is 2.17. The molecule has 0 bridgehead atoms. The highest BCUT2D eigenvalue weighted by Crippen LogP contribution is 2.42. The minimum atomic E-state index is 0.166. The lowest BCUT2D eigenvalue weighted by molar-refractivity contribution is 0.493. The standard InChI is InChI=1S/C15H16ClN/c1-17-14-9-8-13(16)12-7-6-10-4-2-3-5-11(10)15(12)14/h2-7,13-14,17H,8-9H2,1H3. The molecule has 1 aliphatic carbocycles. The Morgan fingerprint density at radius 1 is 1.12 bits per heavy atom. The van der Waals surface area contributed by atoms with Gasteiger partial charge in [0.1, 0.15) is 0 Å². The second kappa shape index (κ2) is 4.32. The normalized spacial score (nSPS) is 23.6. The van der Waals surface area contributed by atoms with Gasteiger partial charge in [0, 0.05) is 6.04 Å². The lowest BCUT2D eigenvalue weighted by atomic mass is 9.84. The maximum absolute atomic E-state index is 6.44. The third-order valence-electron chi connectivity index (χ3n) is 3.75. The molecule has 0 fully saturated rings. The predicted octanol–water partition coefficient (Wildman–Crippen LogP) is 4.17. The van der Waals surface area contributed by atoms with Crippen molar-refractivity contribution in [3.8, 4) is 0 Å². The molecule has 0 heterocycles. The zero-order valence-electron chi connectivity index (χ0n) is 9.91. The van der Waals surface area contributed by atoms with E-state index in [-0.39, 0.29) is 5.38 Å². The van der Waals surface area contributed by atoms with E-state index in [0.717, 1.165) is 12.8 Å². The van der Waals surface area contributed by atoms with Crippen LogP contribution in [0.4, 0.5) is 0 Å². The van der Waals surface area contributed by atoms with Crippen LogP contribution >= 0.6 is 11.6 Å². The molecule has 2 aromatic carbocycles. The molecule has 0 aliphatic heterocycles. The van der Waals surface area contributed by atoms with E-state index < -0.39 is 0 Å². The van der Waals surface area contributed by atoms with Crippen LogP contribution in [0.2, 0.25) is 0 Å². The fourth-order valence-electron chi connectivity index (χ4n) is 2.88. The molecule has 0 radical (unpaired) electrons. The first-order valence-corrected chi connectivity index (χ1v) is 6.58. The number of fused-ring (bicyclic) bond motifs is 3. The van der Waals surface area contributed by atoms with Gasteiger partial charge in [-0.3, -0.25) is 0 Å². The van der Waals surface area contributed by atoms with E-state index in [2.05, 4.69) is 41.7 Å². The van der Waals surface area contributed by atoms with Crippen molar-refractivity contribution in [2.75, 3.05) is 7.05 Å². The molecule has 2 heteroatoms. The quantitative estimate of drug-likeness (QED) is 0.744. The summed E-state index contributed by atoms with van der Waals surface area (Å²) in [6.45, 7) is 0. The van der Waals surface area contributed by atoms with Crippen LogP contribution in [0.5, 0.6) is 0 Å². The first-order chi connectivity index (χ1) is 8.31. The maximum atomic E-state index is 6.44. The Kier molecular flexibility index (Phi) is 2.81. The minimum Gasteiger partial charge on any atom is -0.313 e. The summed E-state index contributed by atoms with van der Waals surface area (Å²) in [6, 6.07) is 13.4. The summed E-state index contributed by atoms with van der Waals surface area (Å²) in [5.41, 5.74) is 2.70. The van der Waals surface area contributed by atoms with E-state index in [1.165, 1.54) is 21.9 Å². The molecular weight excluding hydrogens is 230 g/mol. The van der Waals surface area contributed by atoms with Crippen LogP contribution in [-0.4, -0.2) is 7.05 Å². The number of benzene rings is 2. The van der Waals surface area contributed by atoms with Crippen molar-refractivity contribution in [3.05, 3.63) is 47.5 Å². The topological polar surface area (TPSA) is 12.0 Å². The molecule has 88 valence electrons. The second-order valence-corrected chi connectivity index (χ2v) is 5.20. The van der Waals surface area contributed by atoms with Gasteiger partial charge in [-0.15, -0.1) is 11.6 Å². The molecule has 0 saturated carbocycles. The lowest BCUT2D eigenvalue weighted by Gasteiger charge is -2.29. The van der Waals surface area contributed by atoms with Gasteiger partial charge in [0.2, 0.25) is 0 Å². The fraction of sp³-hybridized carbons (Fsp3) is 0.333. The highest BCUT2D eigenvalue weighted by atomic mass is 35.5. The monoisotopic (exact) mass is 245 g/mol. The van der Waals surface area contributed by atoms with Gasteiger partial charge in [-0.25, -0.2) is 0 Å². The van der Waals surface area contributed by atoms with E-state index in [9.17, 15) is 0 Å². The van der Waals surface area contributed by atoms with Gasteiger partial charge in [-0.05, 0) is 41.8 Å². The number of hydrogen-bond donors (Lipinski definition) is 1. The van der Waals surface area contributed by atoms with E-state index in [0.29, 0.717) is 6.04 Å². The number of nitrogens with one attached hydrogen (secondary N) is 1. The Morgan fingerprint density at radius 2 is 1.94 bits per heavy atom. The zero-order valence-corrected chi connectivity index (χ0v) is 10.7. The summed E-state index contributed by atoms with van der Waals surface area (Å²) >= 11 is 6.44. The average Bonchev–Trinajstić information content (AvgIpc) is 2.39. The van der Waals surface area contributed by atoms with Gasteiger partial charge < -0.3 is 5.32 Å². The van der Waals surface area contributed by atoms with E-state index in [1.807, 2.05) is 7.05 Å². The SMILES string of the molecule is CNC1CCC(Cl)c2ccc3ccccc3c21. The highest BCUT2D eigenvalue weighted by Gasteiger charge is 2.26. The second-order valence-electron chi connectivity index (χ2n) is 4.68. The molecule has 1 nitrogen and oxygen atoms in total. The molecule has 2 aromatic rings. The Balaban J connectivity index is 2.31. The van der Waals surface area contributed by atoms with Crippen LogP contribution < -0.4 is 5.32 Å². The van der Waals surface area contributed by atoms with Crippen LogP contribution in [0.15, 0.2) is 36.4 Å². The molecule has 0 amide bonds. The molecule has 1 N–H and O–H groups in total. The summed E-state index contributed by atoms with van der Waals surface area (Å²) in [7, 11) is 2.03. The fourth-order valence-corrected chi connectivity index (χ4v) is 3.19. The third-order valence-corrected chi connectivity index (χ3v) is 4.20. The van der Waals surface area contributed by atoms with Crippen LogP contribution in [0.1, 0.15) is 35.4 Å². The molecule has 3 rings (SSSR count). The zero-order chi connectivity index (χ0) is 11.8. The van der Waals surface area contributed by atoms with Crippen molar-refractivity contribution in [1.82, 2.24) is 5.32 Å². The Hall–Kier alpha value is -1.05. The third kappa shape index (κ3) is 1.74. The lowest BCUT2D eigenvalue weighted by Crippen LogP contribution is -2.22. The van der Waals surface area contributed by atoms with Gasteiger partial charge >= 0.3 is 0 Å². The van der Waals surface area contributed by atoms with Gasteiger partial charge in [0.25, 0.3) is 0 Å². The predicted molar refractivity (Wildman–Crippen MR) is 73.6 cm³/mol. The number of rotatable bonds is 1. The van der Waals surface area contributed by atoms with E-state index in [4.69, 9.17) is 11.6 Å². The van der Waals surface area contributed by atoms with Gasteiger partial charge in [-0.1, -0.05) is 36.4 Å². The summed E-state index contributed by atoms with van der Waals surface area (Å²) < 4.78 is 0. The first kappa shape index (κ1) is 11.1. The van der Waals surface area contributed by atoms with Crippen LogP contribution in [-0.2, 0) is 0 Å². The summed E-state index contributed by atoms with van der Waals surface area (Å²) in [5, 5.41) is 6.23. The van der Waals surface area contributed by atoms with Crippen LogP contribution in [0.3, 0.4) is 0 Å². The van der Waals surface area contributed by atoms with E-state index in [1.54, 1.807) is 0 Å². The largest absolute Gasteiger partial charge is 0.313 e. The molecule has 1 aliphatic rings. The summed E-state index contributed by atoms with van der Waals surface area (Å²) in [4.78, 5) is 0. The number of halogens is 1. The number of hydrogen-bond acceptors (Lipinski definition) is 1. The van der Waals surface area contributed by atoms with Crippen LogP contribution in [0, 0.1) is 0 Å². The first-order valence-electron chi connectivity index (χ1n) is 6.14. The van der Waals surface area contributed by atoms with Gasteiger partial charge in [0.05, 0.1) is 5.38 Å². The molecule has 0 aromatic heterocycles. The van der Waals surface area contributed by atoms with E-state index >= 15 is 0 Å². The van der Waals surface area contributed by atoms with Gasteiger partial charge in [0.15, 0.2) is 0 Å². The maximum Gasteiger partial charge on any atom is 0.0589 e. The average molecular weight is 246 g/mol. The number of alkyl halides is 1. The molecule has 2 unspecified atom stereocenters. The van der Waals surface area contributed by atoms with Crippen molar-refractivity contribution in [2.45, 2.75) is 24.3 Å².